The zero-order valence-corrected chi connectivity index (χ0v) is 16.8. The van der Waals surface area contributed by atoms with Crippen LogP contribution in [0.1, 0.15) is 23.4 Å². The number of aromatic nitrogens is 1. The van der Waals surface area contributed by atoms with Gasteiger partial charge in [-0.15, -0.1) is 11.3 Å². The number of thiazole rings is 1. The molecule has 1 aliphatic heterocycles. The van der Waals surface area contributed by atoms with Crippen molar-refractivity contribution in [3.63, 3.8) is 0 Å². The molecule has 7 heteroatoms. The van der Waals surface area contributed by atoms with Crippen LogP contribution in [-0.4, -0.2) is 49.5 Å². The van der Waals surface area contributed by atoms with Crippen molar-refractivity contribution >= 4 is 17.3 Å². The van der Waals surface area contributed by atoms with Gasteiger partial charge in [0.05, 0.1) is 18.8 Å². The standard InChI is InChI=1S/C20H28N4O2S/c1-15-17(27-18(24-15)16-6-4-3-5-7-16)12-22-19(21-2)23-13-20(8-10-25)9-11-26-14-20/h3-7,25H,8-14H2,1-2H3,(H2,21,22,23). The summed E-state index contributed by atoms with van der Waals surface area (Å²) in [5.74, 6) is 0.758. The van der Waals surface area contributed by atoms with Gasteiger partial charge in [-0.1, -0.05) is 30.3 Å². The first-order chi connectivity index (χ1) is 13.2. The molecule has 0 saturated carbocycles. The van der Waals surface area contributed by atoms with Crippen molar-refractivity contribution in [1.82, 2.24) is 15.6 Å². The topological polar surface area (TPSA) is 78.8 Å². The first kappa shape index (κ1) is 19.8. The highest BCUT2D eigenvalue weighted by Gasteiger charge is 2.34. The van der Waals surface area contributed by atoms with Crippen LogP contribution < -0.4 is 10.6 Å². The van der Waals surface area contributed by atoms with E-state index < -0.39 is 0 Å². The van der Waals surface area contributed by atoms with Crippen LogP contribution >= 0.6 is 11.3 Å². The summed E-state index contributed by atoms with van der Waals surface area (Å²) < 4.78 is 5.55. The molecule has 2 aromatic rings. The van der Waals surface area contributed by atoms with Gasteiger partial charge in [-0.25, -0.2) is 4.98 Å². The number of guanidine groups is 1. The summed E-state index contributed by atoms with van der Waals surface area (Å²) >= 11 is 1.71. The lowest BCUT2D eigenvalue weighted by molar-refractivity contribution is 0.127. The third-order valence-corrected chi connectivity index (χ3v) is 6.22. The molecule has 1 aromatic carbocycles. The second-order valence-electron chi connectivity index (χ2n) is 6.95. The number of benzene rings is 1. The van der Waals surface area contributed by atoms with E-state index >= 15 is 0 Å². The van der Waals surface area contributed by atoms with E-state index in [1.165, 1.54) is 4.88 Å². The molecule has 0 radical (unpaired) electrons. The monoisotopic (exact) mass is 388 g/mol. The number of ether oxygens (including phenoxy) is 1. The van der Waals surface area contributed by atoms with Gasteiger partial charge in [0.15, 0.2) is 5.96 Å². The van der Waals surface area contributed by atoms with E-state index in [-0.39, 0.29) is 12.0 Å². The maximum atomic E-state index is 9.36. The smallest absolute Gasteiger partial charge is 0.191 e. The van der Waals surface area contributed by atoms with Gasteiger partial charge >= 0.3 is 0 Å². The molecule has 0 bridgehead atoms. The zero-order chi connectivity index (χ0) is 19.1. The Morgan fingerprint density at radius 1 is 1.33 bits per heavy atom. The van der Waals surface area contributed by atoms with Crippen LogP contribution in [0.4, 0.5) is 0 Å². The summed E-state index contributed by atoms with van der Waals surface area (Å²) in [7, 11) is 1.77. The van der Waals surface area contributed by atoms with Crippen molar-refractivity contribution < 1.29 is 9.84 Å². The normalized spacial score (nSPS) is 20.0. The van der Waals surface area contributed by atoms with Crippen molar-refractivity contribution in [2.75, 3.05) is 33.4 Å². The van der Waals surface area contributed by atoms with Gasteiger partial charge in [-0.05, 0) is 19.8 Å². The molecule has 1 fully saturated rings. The van der Waals surface area contributed by atoms with E-state index in [0.717, 1.165) is 48.2 Å². The number of rotatable bonds is 7. The van der Waals surface area contributed by atoms with Crippen LogP contribution in [0.3, 0.4) is 0 Å². The number of aliphatic imine (C=N–C) groups is 1. The van der Waals surface area contributed by atoms with Gasteiger partial charge in [0.2, 0.25) is 0 Å². The number of aliphatic hydroxyl groups excluding tert-OH is 1. The van der Waals surface area contributed by atoms with Gasteiger partial charge in [0, 0.05) is 42.7 Å². The Bertz CT molecular complexity index is 755. The van der Waals surface area contributed by atoms with Crippen LogP contribution in [-0.2, 0) is 11.3 Å². The molecule has 1 aliphatic rings. The van der Waals surface area contributed by atoms with Crippen LogP contribution in [0.25, 0.3) is 10.6 Å². The average Bonchev–Trinajstić information content (AvgIpc) is 3.30. The largest absolute Gasteiger partial charge is 0.396 e. The average molecular weight is 389 g/mol. The zero-order valence-electron chi connectivity index (χ0n) is 16.0. The number of aryl methyl sites for hydroxylation is 1. The number of hydrogen-bond donors (Lipinski definition) is 3. The van der Waals surface area contributed by atoms with Crippen LogP contribution in [0, 0.1) is 12.3 Å². The fourth-order valence-electron chi connectivity index (χ4n) is 3.26. The molecular weight excluding hydrogens is 360 g/mol. The lowest BCUT2D eigenvalue weighted by atomic mass is 9.84. The first-order valence-corrected chi connectivity index (χ1v) is 10.1. The first-order valence-electron chi connectivity index (χ1n) is 9.31. The minimum Gasteiger partial charge on any atom is -0.396 e. The Labute approximate surface area is 164 Å². The molecule has 1 unspecified atom stereocenters. The second kappa shape index (κ2) is 9.30. The molecule has 146 valence electrons. The minimum atomic E-state index is -0.00669. The van der Waals surface area contributed by atoms with Crippen LogP contribution in [0.5, 0.6) is 0 Å². The lowest BCUT2D eigenvalue weighted by Gasteiger charge is -2.27. The number of hydrogen-bond acceptors (Lipinski definition) is 5. The Morgan fingerprint density at radius 2 is 2.15 bits per heavy atom. The Morgan fingerprint density at radius 3 is 2.81 bits per heavy atom. The predicted octanol–water partition coefficient (Wildman–Crippen LogP) is 2.57. The van der Waals surface area contributed by atoms with Crippen LogP contribution in [0.15, 0.2) is 35.3 Å². The Balaban J connectivity index is 1.57. The van der Waals surface area contributed by atoms with Crippen molar-refractivity contribution in [2.24, 2.45) is 10.4 Å². The summed E-state index contributed by atoms with van der Waals surface area (Å²) in [4.78, 5) is 10.2. The van der Waals surface area contributed by atoms with Crippen molar-refractivity contribution in [3.8, 4) is 10.6 Å². The van der Waals surface area contributed by atoms with Crippen molar-refractivity contribution in [3.05, 3.63) is 40.9 Å². The van der Waals surface area contributed by atoms with Crippen LogP contribution in [0.2, 0.25) is 0 Å². The molecular formula is C20H28N4O2S. The highest BCUT2D eigenvalue weighted by atomic mass is 32.1. The fourth-order valence-corrected chi connectivity index (χ4v) is 4.27. The maximum Gasteiger partial charge on any atom is 0.191 e. The summed E-state index contributed by atoms with van der Waals surface area (Å²) in [5.41, 5.74) is 2.18. The van der Waals surface area contributed by atoms with E-state index in [1.807, 2.05) is 25.1 Å². The Kier molecular flexibility index (Phi) is 6.82. The third-order valence-electron chi connectivity index (χ3n) is 5.01. The van der Waals surface area contributed by atoms with Crippen molar-refractivity contribution in [2.45, 2.75) is 26.3 Å². The highest BCUT2D eigenvalue weighted by Crippen LogP contribution is 2.31. The fraction of sp³-hybridized carbons (Fsp3) is 0.500. The number of nitrogens with one attached hydrogen (secondary N) is 2. The van der Waals surface area contributed by atoms with Gasteiger partial charge in [-0.3, -0.25) is 4.99 Å². The van der Waals surface area contributed by atoms with Crippen molar-refractivity contribution in [1.29, 1.82) is 0 Å². The van der Waals surface area contributed by atoms with E-state index in [0.29, 0.717) is 13.2 Å². The molecule has 2 heterocycles. The minimum absolute atomic E-state index is 0.00669. The molecule has 0 aliphatic carbocycles. The molecule has 27 heavy (non-hydrogen) atoms. The van der Waals surface area contributed by atoms with Gasteiger partial charge in [-0.2, -0.15) is 0 Å². The number of nitrogens with zero attached hydrogens (tertiary/aromatic N) is 2. The molecule has 0 amide bonds. The van der Waals surface area contributed by atoms with E-state index in [9.17, 15) is 5.11 Å². The van der Waals surface area contributed by atoms with E-state index in [4.69, 9.17) is 9.72 Å². The maximum absolute atomic E-state index is 9.36. The Hall–Kier alpha value is -1.96. The quantitative estimate of drug-likeness (QED) is 0.502. The highest BCUT2D eigenvalue weighted by molar-refractivity contribution is 7.15. The van der Waals surface area contributed by atoms with Gasteiger partial charge in [0.1, 0.15) is 5.01 Å². The molecule has 1 saturated heterocycles. The predicted molar refractivity (Wildman–Crippen MR) is 110 cm³/mol. The summed E-state index contributed by atoms with van der Waals surface area (Å²) in [6, 6.07) is 10.2. The second-order valence-corrected chi connectivity index (χ2v) is 8.03. The lowest BCUT2D eigenvalue weighted by Crippen LogP contribution is -2.44. The van der Waals surface area contributed by atoms with Gasteiger partial charge in [0.25, 0.3) is 0 Å². The molecule has 0 spiro atoms. The molecule has 1 atom stereocenters. The summed E-state index contributed by atoms with van der Waals surface area (Å²) in [5, 5.41) is 17.2. The SMILES string of the molecule is CN=C(NCc1sc(-c2ccccc2)nc1C)NCC1(CCO)CCOC1. The van der Waals surface area contributed by atoms with E-state index in [1.54, 1.807) is 18.4 Å². The molecule has 1 aromatic heterocycles. The third kappa shape index (κ3) is 5.06. The molecule has 6 nitrogen and oxygen atoms in total. The van der Waals surface area contributed by atoms with Gasteiger partial charge < -0.3 is 20.5 Å². The summed E-state index contributed by atoms with van der Waals surface area (Å²) in [6.07, 6.45) is 1.71. The van der Waals surface area contributed by atoms with E-state index in [2.05, 4.69) is 27.8 Å². The molecule has 3 rings (SSSR count). The number of aliphatic hydroxyl groups is 1. The molecule has 3 N–H and O–H groups in total. The summed E-state index contributed by atoms with van der Waals surface area (Å²) in [6.45, 7) is 5.09.